The second-order valence-electron chi connectivity index (χ2n) is 2.94. The van der Waals surface area contributed by atoms with E-state index in [1.54, 1.807) is 12.1 Å². The van der Waals surface area contributed by atoms with E-state index in [9.17, 15) is 5.11 Å². The Balaban J connectivity index is 2.92. The normalized spacial score (nSPS) is 12.5. The van der Waals surface area contributed by atoms with Gasteiger partial charge in [0.25, 0.3) is 0 Å². The van der Waals surface area contributed by atoms with Gasteiger partial charge in [-0.15, -0.1) is 0 Å². The van der Waals surface area contributed by atoms with Crippen LogP contribution in [0.1, 0.15) is 25.5 Å². The summed E-state index contributed by atoms with van der Waals surface area (Å²) in [6, 6.07) is 5.02. The van der Waals surface area contributed by atoms with Gasteiger partial charge in [0, 0.05) is 17.7 Å². The zero-order chi connectivity index (χ0) is 9.84. The van der Waals surface area contributed by atoms with Crippen molar-refractivity contribution < 1.29 is 9.84 Å². The molecule has 0 aromatic heterocycles. The quantitative estimate of drug-likeness (QED) is 0.747. The van der Waals surface area contributed by atoms with Crippen molar-refractivity contribution in [1.29, 1.82) is 0 Å². The molecule has 1 rings (SSSR count). The average Bonchev–Trinajstić information content (AvgIpc) is 2.04. The largest absolute Gasteiger partial charge is 0.507 e. The van der Waals surface area contributed by atoms with Crippen LogP contribution in [0.15, 0.2) is 18.2 Å². The van der Waals surface area contributed by atoms with Crippen LogP contribution < -0.4 is 10.5 Å². The molecule has 1 atom stereocenters. The van der Waals surface area contributed by atoms with Crippen LogP contribution in [-0.4, -0.2) is 11.7 Å². The van der Waals surface area contributed by atoms with E-state index in [-0.39, 0.29) is 11.8 Å². The van der Waals surface area contributed by atoms with Gasteiger partial charge in [0.15, 0.2) is 0 Å². The minimum atomic E-state index is -0.157. The molecular weight excluding hydrogens is 166 g/mol. The molecule has 3 N–H and O–H groups in total. The number of aromatic hydroxyl groups is 1. The van der Waals surface area contributed by atoms with Gasteiger partial charge in [-0.25, -0.2) is 0 Å². The van der Waals surface area contributed by atoms with Crippen LogP contribution in [0.4, 0.5) is 0 Å². The topological polar surface area (TPSA) is 55.5 Å². The summed E-state index contributed by atoms with van der Waals surface area (Å²) in [5, 5.41) is 9.53. The molecule has 72 valence electrons. The van der Waals surface area contributed by atoms with Crippen molar-refractivity contribution in [2.24, 2.45) is 5.73 Å². The number of phenolic OH excluding ortho intramolecular Hbond substituents is 1. The third kappa shape index (κ3) is 2.36. The van der Waals surface area contributed by atoms with Gasteiger partial charge in [-0.1, -0.05) is 6.07 Å². The highest BCUT2D eigenvalue weighted by atomic mass is 16.5. The molecule has 0 fully saturated rings. The molecule has 0 bridgehead atoms. The van der Waals surface area contributed by atoms with Gasteiger partial charge in [-0.3, -0.25) is 0 Å². The minimum absolute atomic E-state index is 0.157. The summed E-state index contributed by atoms with van der Waals surface area (Å²) in [4.78, 5) is 0. The highest BCUT2D eigenvalue weighted by molar-refractivity contribution is 5.41. The van der Waals surface area contributed by atoms with E-state index >= 15 is 0 Å². The highest BCUT2D eigenvalue weighted by Gasteiger charge is 2.06. The molecule has 13 heavy (non-hydrogen) atoms. The van der Waals surface area contributed by atoms with Crippen LogP contribution in [0.25, 0.3) is 0 Å². The molecule has 3 heteroatoms. The first-order valence-electron chi connectivity index (χ1n) is 4.36. The zero-order valence-corrected chi connectivity index (χ0v) is 7.95. The summed E-state index contributed by atoms with van der Waals surface area (Å²) < 4.78 is 5.22. The number of ether oxygens (including phenoxy) is 1. The van der Waals surface area contributed by atoms with Gasteiger partial charge in [0.1, 0.15) is 11.5 Å². The van der Waals surface area contributed by atoms with Crippen molar-refractivity contribution >= 4 is 0 Å². The maximum absolute atomic E-state index is 9.53. The number of phenols is 1. The number of rotatable bonds is 3. The van der Waals surface area contributed by atoms with Crippen molar-refractivity contribution in [3.8, 4) is 11.5 Å². The number of hydrogen-bond donors (Lipinski definition) is 2. The third-order valence-electron chi connectivity index (χ3n) is 1.80. The summed E-state index contributed by atoms with van der Waals surface area (Å²) in [7, 11) is 0. The fraction of sp³-hybridized carbons (Fsp3) is 0.400. The number of hydrogen-bond acceptors (Lipinski definition) is 3. The van der Waals surface area contributed by atoms with Crippen LogP contribution in [0.5, 0.6) is 11.5 Å². The molecule has 3 nitrogen and oxygen atoms in total. The van der Waals surface area contributed by atoms with E-state index in [0.717, 1.165) is 5.56 Å². The highest BCUT2D eigenvalue weighted by Crippen LogP contribution is 2.27. The molecule has 0 aliphatic heterocycles. The van der Waals surface area contributed by atoms with Crippen molar-refractivity contribution in [3.63, 3.8) is 0 Å². The summed E-state index contributed by atoms with van der Waals surface area (Å²) in [6.45, 7) is 4.32. The molecule has 0 aliphatic carbocycles. The van der Waals surface area contributed by atoms with Gasteiger partial charge >= 0.3 is 0 Å². The summed E-state index contributed by atoms with van der Waals surface area (Å²) in [6.07, 6.45) is 0. The van der Waals surface area contributed by atoms with E-state index in [1.165, 1.54) is 0 Å². The SMILES string of the molecule is CCOc1ccc(C(C)N)c(O)c1. The molecule has 1 aromatic rings. The first-order valence-corrected chi connectivity index (χ1v) is 4.36. The third-order valence-corrected chi connectivity index (χ3v) is 1.80. The van der Waals surface area contributed by atoms with Crippen LogP contribution >= 0.6 is 0 Å². The molecule has 0 amide bonds. The summed E-state index contributed by atoms with van der Waals surface area (Å²) >= 11 is 0. The molecular formula is C10H15NO2. The Labute approximate surface area is 78.1 Å². The Morgan fingerprint density at radius 1 is 1.54 bits per heavy atom. The maximum atomic E-state index is 9.53. The van der Waals surface area contributed by atoms with Crippen LogP contribution in [0, 0.1) is 0 Å². The maximum Gasteiger partial charge on any atom is 0.124 e. The lowest BCUT2D eigenvalue weighted by Gasteiger charge is -2.10. The van der Waals surface area contributed by atoms with Crippen molar-refractivity contribution in [1.82, 2.24) is 0 Å². The standard InChI is InChI=1S/C10H15NO2/c1-3-13-8-4-5-9(7(2)11)10(12)6-8/h4-7,12H,3,11H2,1-2H3. The fourth-order valence-corrected chi connectivity index (χ4v) is 1.16. The Morgan fingerprint density at radius 2 is 2.23 bits per heavy atom. The van der Waals surface area contributed by atoms with Crippen molar-refractivity contribution in [2.75, 3.05) is 6.61 Å². The molecule has 1 unspecified atom stereocenters. The van der Waals surface area contributed by atoms with E-state index in [2.05, 4.69) is 0 Å². The van der Waals surface area contributed by atoms with Crippen molar-refractivity contribution in [2.45, 2.75) is 19.9 Å². The lowest BCUT2D eigenvalue weighted by Crippen LogP contribution is -2.05. The second kappa shape index (κ2) is 4.14. The van der Waals surface area contributed by atoms with Crippen molar-refractivity contribution in [3.05, 3.63) is 23.8 Å². The Kier molecular flexibility index (Phi) is 3.14. The van der Waals surface area contributed by atoms with Gasteiger partial charge in [0.05, 0.1) is 6.61 Å². The number of nitrogens with two attached hydrogens (primary N) is 1. The average molecular weight is 181 g/mol. The van der Waals surface area contributed by atoms with Gasteiger partial charge < -0.3 is 15.6 Å². The van der Waals surface area contributed by atoms with Crippen LogP contribution in [0.2, 0.25) is 0 Å². The Bertz CT molecular complexity index is 284. The van der Waals surface area contributed by atoms with Crippen LogP contribution in [0.3, 0.4) is 0 Å². The molecule has 0 saturated heterocycles. The van der Waals surface area contributed by atoms with E-state index in [0.29, 0.717) is 12.4 Å². The Morgan fingerprint density at radius 3 is 2.69 bits per heavy atom. The minimum Gasteiger partial charge on any atom is -0.507 e. The van der Waals surface area contributed by atoms with E-state index in [1.807, 2.05) is 19.9 Å². The first kappa shape index (κ1) is 9.86. The lowest BCUT2D eigenvalue weighted by atomic mass is 10.1. The molecule has 0 radical (unpaired) electrons. The first-order chi connectivity index (χ1) is 6.15. The molecule has 0 spiro atoms. The van der Waals surface area contributed by atoms with Gasteiger partial charge in [0.2, 0.25) is 0 Å². The van der Waals surface area contributed by atoms with E-state index < -0.39 is 0 Å². The van der Waals surface area contributed by atoms with Crippen LogP contribution in [-0.2, 0) is 0 Å². The lowest BCUT2D eigenvalue weighted by molar-refractivity contribution is 0.337. The molecule has 0 heterocycles. The van der Waals surface area contributed by atoms with E-state index in [4.69, 9.17) is 10.5 Å². The number of benzene rings is 1. The van der Waals surface area contributed by atoms with Gasteiger partial charge in [-0.2, -0.15) is 0 Å². The summed E-state index contributed by atoms with van der Waals surface area (Å²) in [5.41, 5.74) is 6.38. The molecule has 0 saturated carbocycles. The molecule has 1 aromatic carbocycles. The fourth-order valence-electron chi connectivity index (χ4n) is 1.16. The Hall–Kier alpha value is -1.22. The van der Waals surface area contributed by atoms with Gasteiger partial charge in [-0.05, 0) is 19.9 Å². The second-order valence-corrected chi connectivity index (χ2v) is 2.94. The smallest absolute Gasteiger partial charge is 0.124 e. The predicted molar refractivity (Wildman–Crippen MR) is 51.9 cm³/mol. The summed E-state index contributed by atoms with van der Waals surface area (Å²) in [5.74, 6) is 0.866. The zero-order valence-electron chi connectivity index (χ0n) is 7.95. The molecule has 0 aliphatic rings. The predicted octanol–water partition coefficient (Wildman–Crippen LogP) is 1.81. The monoisotopic (exact) mass is 181 g/mol.